The number of rotatable bonds is 5. The second kappa shape index (κ2) is 10.4. The van der Waals surface area contributed by atoms with E-state index in [2.05, 4.69) is 43.0 Å². The minimum Gasteiger partial charge on any atom is -0.372 e. The topological polar surface area (TPSA) is 115 Å². The third-order valence-electron chi connectivity index (χ3n) is 6.40. The molecule has 11 heteroatoms. The van der Waals surface area contributed by atoms with Crippen LogP contribution in [0.15, 0.2) is 42.5 Å². The maximum Gasteiger partial charge on any atom is 0.229 e. The quantitative estimate of drug-likeness (QED) is 0.350. The molecule has 1 fully saturated rings. The minimum absolute atomic E-state index is 0. The molecule has 1 aliphatic heterocycles. The Bertz CT molecular complexity index is 1610. The number of aromatic amines is 1. The number of H-pyrrole nitrogens is 1. The fourth-order valence-corrected chi connectivity index (χ4v) is 5.33. The van der Waals surface area contributed by atoms with Crippen molar-refractivity contribution in [2.75, 3.05) is 29.0 Å². The van der Waals surface area contributed by atoms with Crippen LogP contribution in [0.3, 0.4) is 0 Å². The molecule has 0 unspecified atom stereocenters. The van der Waals surface area contributed by atoms with Gasteiger partial charge in [0.2, 0.25) is 10.0 Å². The van der Waals surface area contributed by atoms with Gasteiger partial charge in [-0.25, -0.2) is 17.8 Å². The summed E-state index contributed by atoms with van der Waals surface area (Å²) in [5.41, 5.74) is 4.23. The van der Waals surface area contributed by atoms with E-state index in [1.165, 1.54) is 31.4 Å². The van der Waals surface area contributed by atoms with E-state index in [4.69, 9.17) is 0 Å². The lowest BCUT2D eigenvalue weighted by Gasteiger charge is -2.29. The molecule has 2 aromatic carbocycles. The number of fused-ring (bicyclic) bond motifs is 1. The first-order chi connectivity index (χ1) is 17.2. The Labute approximate surface area is 221 Å². The van der Waals surface area contributed by atoms with Crippen molar-refractivity contribution in [2.24, 2.45) is 0 Å². The van der Waals surface area contributed by atoms with E-state index in [0.717, 1.165) is 42.4 Å². The second-order valence-electron chi connectivity index (χ2n) is 9.03. The van der Waals surface area contributed by atoms with E-state index in [1.54, 1.807) is 0 Å². The smallest absolute Gasteiger partial charge is 0.229 e. The van der Waals surface area contributed by atoms with Crippen molar-refractivity contribution in [2.45, 2.75) is 26.2 Å². The highest BCUT2D eigenvalue weighted by Crippen LogP contribution is 2.39. The van der Waals surface area contributed by atoms with Crippen molar-refractivity contribution in [3.63, 3.8) is 0 Å². The van der Waals surface area contributed by atoms with E-state index in [0.29, 0.717) is 16.6 Å². The minimum atomic E-state index is -3.57. The molecule has 37 heavy (non-hydrogen) atoms. The van der Waals surface area contributed by atoms with Gasteiger partial charge in [0.05, 0.1) is 28.6 Å². The number of nitrogens with one attached hydrogen (secondary N) is 2. The van der Waals surface area contributed by atoms with Gasteiger partial charge in [-0.3, -0.25) is 9.82 Å². The molecule has 1 saturated heterocycles. The highest BCUT2D eigenvalue weighted by atomic mass is 35.5. The van der Waals surface area contributed by atoms with Crippen LogP contribution in [0.25, 0.3) is 33.4 Å². The van der Waals surface area contributed by atoms with E-state index in [9.17, 15) is 13.7 Å². The van der Waals surface area contributed by atoms with Gasteiger partial charge < -0.3 is 4.90 Å². The van der Waals surface area contributed by atoms with Gasteiger partial charge in [-0.2, -0.15) is 10.4 Å². The number of piperidine rings is 1. The van der Waals surface area contributed by atoms with Gasteiger partial charge in [0.15, 0.2) is 5.65 Å². The molecule has 0 radical (unpaired) electrons. The Hall–Kier alpha value is -3.68. The lowest BCUT2D eigenvalue weighted by Crippen LogP contribution is -2.29. The number of benzene rings is 2. The summed E-state index contributed by atoms with van der Waals surface area (Å²) in [5, 5.41) is 18.1. The van der Waals surface area contributed by atoms with Gasteiger partial charge in [0.25, 0.3) is 0 Å². The van der Waals surface area contributed by atoms with Crippen LogP contribution in [0.5, 0.6) is 0 Å². The van der Waals surface area contributed by atoms with Gasteiger partial charge in [-0.1, -0.05) is 12.1 Å². The highest BCUT2D eigenvalue weighted by Gasteiger charge is 2.23. The largest absolute Gasteiger partial charge is 0.372 e. The Morgan fingerprint density at radius 3 is 2.43 bits per heavy atom. The number of nitrogens with zero attached hydrogens (tertiary/aromatic N) is 4. The SMILES string of the molecule is Cc1[nH]nc2nc(-c3ccc(NS(C)(=O)=O)cc3F)c(C#N)c(-c3ccc(N4CCCCC4)cc3)c12.Cl. The Morgan fingerprint density at radius 2 is 1.81 bits per heavy atom. The average molecular weight is 541 g/mol. The molecule has 0 atom stereocenters. The van der Waals surface area contributed by atoms with Crippen LogP contribution >= 0.6 is 12.4 Å². The summed E-state index contributed by atoms with van der Waals surface area (Å²) in [7, 11) is -3.57. The molecule has 0 bridgehead atoms. The van der Waals surface area contributed by atoms with Crippen LogP contribution in [0.4, 0.5) is 15.8 Å². The van der Waals surface area contributed by atoms with Gasteiger partial charge in [0, 0.05) is 35.6 Å². The molecular formula is C26H26ClFN6O2S. The fraction of sp³-hybridized carbons (Fsp3) is 0.269. The van der Waals surface area contributed by atoms with Crippen LogP contribution < -0.4 is 9.62 Å². The molecule has 4 aromatic rings. The fourth-order valence-electron chi connectivity index (χ4n) is 4.77. The van der Waals surface area contributed by atoms with Crippen LogP contribution in [0, 0.1) is 24.1 Å². The standard InChI is InChI=1S/C26H25FN6O2S.ClH/c1-16-23-24(17-6-9-19(10-7-17)33-12-4-3-5-13-33)21(15-28)25(29-26(23)31-30-16)20-11-8-18(14-22(20)27)32-36(2,34)35;/h6-11,14,32H,3-5,12-13H2,1-2H3,(H,29,30,31);1H. The van der Waals surface area contributed by atoms with Crippen LogP contribution in [0.2, 0.25) is 0 Å². The number of pyridine rings is 1. The summed E-state index contributed by atoms with van der Waals surface area (Å²) in [6.07, 6.45) is 4.59. The zero-order valence-electron chi connectivity index (χ0n) is 20.4. The average Bonchev–Trinajstić information content (AvgIpc) is 3.23. The van der Waals surface area contributed by atoms with E-state index in [-0.39, 0.29) is 34.9 Å². The van der Waals surface area contributed by atoms with Crippen molar-refractivity contribution in [3.8, 4) is 28.5 Å². The lowest BCUT2D eigenvalue weighted by molar-refractivity contribution is 0.578. The maximum atomic E-state index is 15.2. The molecule has 0 saturated carbocycles. The van der Waals surface area contributed by atoms with Crippen LogP contribution in [-0.2, 0) is 10.0 Å². The number of nitriles is 1. The Morgan fingerprint density at radius 1 is 1.11 bits per heavy atom. The van der Waals surface area contributed by atoms with Crippen molar-refractivity contribution in [3.05, 3.63) is 59.5 Å². The first-order valence-electron chi connectivity index (χ1n) is 11.7. The molecule has 2 N–H and O–H groups in total. The van der Waals surface area contributed by atoms with Crippen molar-refractivity contribution in [1.82, 2.24) is 15.2 Å². The first kappa shape index (κ1) is 26.4. The van der Waals surface area contributed by atoms with Crippen molar-refractivity contribution < 1.29 is 12.8 Å². The molecule has 0 amide bonds. The summed E-state index contributed by atoms with van der Waals surface area (Å²) in [6, 6.07) is 14.2. The molecule has 192 valence electrons. The monoisotopic (exact) mass is 540 g/mol. The molecule has 2 aromatic heterocycles. The van der Waals surface area contributed by atoms with Gasteiger partial charge in [-0.05, 0) is 62.1 Å². The van der Waals surface area contributed by atoms with E-state index < -0.39 is 15.8 Å². The molecule has 3 heterocycles. The lowest BCUT2D eigenvalue weighted by atomic mass is 9.93. The van der Waals surface area contributed by atoms with Gasteiger partial charge in [-0.15, -0.1) is 12.4 Å². The number of aryl methyl sites for hydroxylation is 1. The summed E-state index contributed by atoms with van der Waals surface area (Å²) >= 11 is 0. The number of aromatic nitrogens is 3. The number of sulfonamides is 1. The third kappa shape index (κ3) is 5.24. The molecule has 0 spiro atoms. The molecular weight excluding hydrogens is 515 g/mol. The molecule has 0 aliphatic carbocycles. The van der Waals surface area contributed by atoms with E-state index >= 15 is 4.39 Å². The normalized spacial score (nSPS) is 13.7. The van der Waals surface area contributed by atoms with Gasteiger partial charge in [0.1, 0.15) is 11.9 Å². The zero-order chi connectivity index (χ0) is 25.4. The Kier molecular flexibility index (Phi) is 7.39. The highest BCUT2D eigenvalue weighted by molar-refractivity contribution is 7.92. The van der Waals surface area contributed by atoms with Crippen LogP contribution in [0.1, 0.15) is 30.5 Å². The van der Waals surface area contributed by atoms with Crippen LogP contribution in [-0.4, -0.2) is 42.9 Å². The predicted octanol–water partition coefficient (Wildman–Crippen LogP) is 5.39. The summed E-state index contributed by atoms with van der Waals surface area (Å²) < 4.78 is 40.5. The van der Waals surface area contributed by atoms with Crippen molar-refractivity contribution >= 4 is 44.8 Å². The molecule has 8 nitrogen and oxygen atoms in total. The van der Waals surface area contributed by atoms with E-state index in [1.807, 2.05) is 19.1 Å². The molecule has 5 rings (SSSR count). The number of anilines is 2. The number of hydrogen-bond acceptors (Lipinski definition) is 6. The van der Waals surface area contributed by atoms with Gasteiger partial charge >= 0.3 is 0 Å². The zero-order valence-corrected chi connectivity index (χ0v) is 22.0. The third-order valence-corrected chi connectivity index (χ3v) is 7.01. The summed E-state index contributed by atoms with van der Waals surface area (Å²) in [6.45, 7) is 3.91. The van der Waals surface area contributed by atoms with Crippen molar-refractivity contribution in [1.29, 1.82) is 5.26 Å². The predicted molar refractivity (Wildman–Crippen MR) is 146 cm³/mol. The Balaban J connectivity index is 0.00000320. The summed E-state index contributed by atoms with van der Waals surface area (Å²) in [4.78, 5) is 6.89. The summed E-state index contributed by atoms with van der Waals surface area (Å²) in [5.74, 6) is -0.703. The number of hydrogen-bond donors (Lipinski definition) is 2. The maximum absolute atomic E-state index is 15.2. The first-order valence-corrected chi connectivity index (χ1v) is 13.6. The number of halogens is 2. The second-order valence-corrected chi connectivity index (χ2v) is 10.8. The molecule has 1 aliphatic rings.